The number of fused-ring (bicyclic) bond motifs is 1. The van der Waals surface area contributed by atoms with Crippen LogP contribution in [-0.2, 0) is 11.3 Å². The SMILES string of the molecule is OC[C@H]1O[C@@H](c2cnc3c(NCc4ccccc4)ncnn23)[C@@H](F)[C@@H]1O. The molecule has 26 heavy (non-hydrogen) atoms. The number of benzene rings is 1. The fourth-order valence-electron chi connectivity index (χ4n) is 3.05. The maximum atomic E-state index is 14.4. The van der Waals surface area contributed by atoms with Crippen molar-refractivity contribution >= 4 is 11.5 Å². The van der Waals surface area contributed by atoms with Crippen molar-refractivity contribution in [3.63, 3.8) is 0 Å². The maximum Gasteiger partial charge on any atom is 0.197 e. The second-order valence-corrected chi connectivity index (χ2v) is 6.08. The number of rotatable bonds is 5. The molecule has 3 N–H and O–H groups in total. The van der Waals surface area contributed by atoms with Crippen LogP contribution in [0.4, 0.5) is 10.2 Å². The molecule has 3 aromatic rings. The summed E-state index contributed by atoms with van der Waals surface area (Å²) < 4.78 is 21.3. The van der Waals surface area contributed by atoms with E-state index in [0.717, 1.165) is 5.56 Å². The Hall–Kier alpha value is -2.62. The summed E-state index contributed by atoms with van der Waals surface area (Å²) in [6.45, 7) is 0.0837. The molecule has 1 aliphatic heterocycles. The lowest BCUT2D eigenvalue weighted by molar-refractivity contribution is -0.0241. The van der Waals surface area contributed by atoms with E-state index in [9.17, 15) is 14.6 Å². The summed E-state index contributed by atoms with van der Waals surface area (Å²) in [6, 6.07) is 9.80. The lowest BCUT2D eigenvalue weighted by Gasteiger charge is -2.12. The first-order chi connectivity index (χ1) is 12.7. The van der Waals surface area contributed by atoms with E-state index in [1.54, 1.807) is 0 Å². The Labute approximate surface area is 148 Å². The summed E-state index contributed by atoms with van der Waals surface area (Å²) in [6.07, 6.45) is -2.32. The molecule has 1 fully saturated rings. The van der Waals surface area contributed by atoms with Gasteiger partial charge in [0, 0.05) is 6.54 Å². The van der Waals surface area contributed by atoms with Gasteiger partial charge in [0.1, 0.15) is 24.6 Å². The van der Waals surface area contributed by atoms with Gasteiger partial charge in [0.25, 0.3) is 0 Å². The zero-order valence-corrected chi connectivity index (χ0v) is 13.7. The van der Waals surface area contributed by atoms with Crippen LogP contribution in [0.25, 0.3) is 5.65 Å². The smallest absolute Gasteiger partial charge is 0.197 e. The first kappa shape index (κ1) is 16.8. The minimum Gasteiger partial charge on any atom is -0.394 e. The fourth-order valence-corrected chi connectivity index (χ4v) is 3.05. The molecular weight excluding hydrogens is 341 g/mol. The zero-order chi connectivity index (χ0) is 18.1. The van der Waals surface area contributed by atoms with E-state index in [-0.39, 0.29) is 0 Å². The first-order valence-electron chi connectivity index (χ1n) is 8.24. The maximum absolute atomic E-state index is 14.4. The average Bonchev–Trinajstić information content (AvgIpc) is 3.23. The number of aromatic nitrogens is 4. The molecule has 136 valence electrons. The van der Waals surface area contributed by atoms with Crippen LogP contribution in [0, 0.1) is 0 Å². The van der Waals surface area contributed by atoms with Gasteiger partial charge in [-0.25, -0.2) is 18.9 Å². The molecule has 0 radical (unpaired) electrons. The van der Waals surface area contributed by atoms with Crippen molar-refractivity contribution < 1.29 is 19.3 Å². The Morgan fingerprint density at radius 1 is 1.23 bits per heavy atom. The zero-order valence-electron chi connectivity index (χ0n) is 13.7. The summed E-state index contributed by atoms with van der Waals surface area (Å²) in [5, 5.41) is 26.3. The van der Waals surface area contributed by atoms with Crippen LogP contribution in [0.15, 0.2) is 42.9 Å². The van der Waals surface area contributed by atoms with Gasteiger partial charge in [0.15, 0.2) is 17.6 Å². The van der Waals surface area contributed by atoms with Crippen molar-refractivity contribution in [3.8, 4) is 0 Å². The van der Waals surface area contributed by atoms with Crippen LogP contribution in [0.1, 0.15) is 17.4 Å². The van der Waals surface area contributed by atoms with Gasteiger partial charge >= 0.3 is 0 Å². The van der Waals surface area contributed by atoms with Crippen LogP contribution in [-0.4, -0.2) is 54.8 Å². The summed E-state index contributed by atoms with van der Waals surface area (Å²) in [5.41, 5.74) is 1.86. The molecule has 1 aromatic carbocycles. The molecule has 0 amide bonds. The second kappa shape index (κ2) is 6.94. The Morgan fingerprint density at radius 3 is 2.77 bits per heavy atom. The number of hydrogen-bond donors (Lipinski definition) is 3. The van der Waals surface area contributed by atoms with Crippen LogP contribution >= 0.6 is 0 Å². The molecule has 4 atom stereocenters. The Morgan fingerprint density at radius 2 is 2.04 bits per heavy atom. The molecule has 1 aliphatic rings. The topological polar surface area (TPSA) is 105 Å². The van der Waals surface area contributed by atoms with Gasteiger partial charge in [-0.3, -0.25) is 0 Å². The molecule has 4 rings (SSSR count). The quantitative estimate of drug-likeness (QED) is 0.621. The van der Waals surface area contributed by atoms with Crippen molar-refractivity contribution in [1.82, 2.24) is 19.6 Å². The highest BCUT2D eigenvalue weighted by Crippen LogP contribution is 2.36. The summed E-state index contributed by atoms with van der Waals surface area (Å²) in [4.78, 5) is 8.47. The third-order valence-corrected chi connectivity index (χ3v) is 4.42. The highest BCUT2D eigenvalue weighted by Gasteiger charge is 2.46. The lowest BCUT2D eigenvalue weighted by atomic mass is 10.1. The summed E-state index contributed by atoms with van der Waals surface area (Å²) in [7, 11) is 0. The Bertz CT molecular complexity index is 890. The van der Waals surface area contributed by atoms with Crippen molar-refractivity contribution in [3.05, 3.63) is 54.1 Å². The monoisotopic (exact) mass is 359 g/mol. The predicted molar refractivity (Wildman–Crippen MR) is 90.2 cm³/mol. The molecule has 0 spiro atoms. The number of nitrogens with zero attached hydrogens (tertiary/aromatic N) is 4. The largest absolute Gasteiger partial charge is 0.394 e. The van der Waals surface area contributed by atoms with E-state index in [4.69, 9.17) is 4.74 Å². The molecule has 0 saturated carbocycles. The minimum absolute atomic E-state index is 0.354. The number of aliphatic hydroxyl groups excluding tert-OH is 2. The van der Waals surface area contributed by atoms with E-state index in [2.05, 4.69) is 20.4 Å². The van der Waals surface area contributed by atoms with Crippen LogP contribution in [0.3, 0.4) is 0 Å². The number of imidazole rings is 1. The molecular formula is C17H18FN5O3. The van der Waals surface area contributed by atoms with Crippen molar-refractivity contribution in [2.45, 2.75) is 31.0 Å². The second-order valence-electron chi connectivity index (χ2n) is 6.08. The third kappa shape index (κ3) is 2.90. The van der Waals surface area contributed by atoms with Crippen molar-refractivity contribution in [1.29, 1.82) is 0 Å². The van der Waals surface area contributed by atoms with Crippen molar-refractivity contribution in [2.24, 2.45) is 0 Å². The number of ether oxygens (including phenoxy) is 1. The molecule has 1 saturated heterocycles. The number of nitrogens with one attached hydrogen (secondary N) is 1. The minimum atomic E-state index is -1.68. The van der Waals surface area contributed by atoms with Gasteiger partial charge < -0.3 is 20.3 Å². The highest BCUT2D eigenvalue weighted by molar-refractivity contribution is 5.62. The van der Waals surface area contributed by atoms with Gasteiger partial charge in [-0.15, -0.1) is 0 Å². The van der Waals surface area contributed by atoms with Gasteiger partial charge in [0.05, 0.1) is 18.5 Å². The number of hydrogen-bond acceptors (Lipinski definition) is 7. The van der Waals surface area contributed by atoms with Crippen molar-refractivity contribution in [2.75, 3.05) is 11.9 Å². The Balaban J connectivity index is 1.61. The van der Waals surface area contributed by atoms with Crippen LogP contribution in [0.5, 0.6) is 0 Å². The van der Waals surface area contributed by atoms with Gasteiger partial charge in [-0.2, -0.15) is 5.10 Å². The average molecular weight is 359 g/mol. The standard InChI is InChI=1S/C17H18FN5O3/c18-13-14(25)12(8-24)26-15(13)11-7-20-17-16(21-9-22-23(11)17)19-6-10-4-2-1-3-5-10/h1-5,7,9,12-15,24-25H,6,8H2,(H,19,21,22)/t12-,13+,14-,15+/m1/s1. The van der Waals surface area contributed by atoms with Crippen LogP contribution < -0.4 is 5.32 Å². The number of aliphatic hydroxyl groups is 2. The number of halogens is 1. The van der Waals surface area contributed by atoms with E-state index in [1.807, 2.05) is 30.3 Å². The molecule has 0 bridgehead atoms. The molecule has 9 heteroatoms. The summed E-state index contributed by atoms with van der Waals surface area (Å²) >= 11 is 0. The van der Waals surface area contributed by atoms with E-state index < -0.39 is 31.1 Å². The van der Waals surface area contributed by atoms with Gasteiger partial charge in [0.2, 0.25) is 0 Å². The molecule has 0 unspecified atom stereocenters. The number of alkyl halides is 1. The van der Waals surface area contributed by atoms with E-state index in [1.165, 1.54) is 17.0 Å². The molecule has 8 nitrogen and oxygen atoms in total. The summed E-state index contributed by atoms with van der Waals surface area (Å²) in [5.74, 6) is 0.503. The normalized spacial score (nSPS) is 25.7. The van der Waals surface area contributed by atoms with E-state index in [0.29, 0.717) is 23.7 Å². The van der Waals surface area contributed by atoms with Crippen LogP contribution in [0.2, 0.25) is 0 Å². The predicted octanol–water partition coefficient (Wildman–Crippen LogP) is 0.868. The highest BCUT2D eigenvalue weighted by atomic mass is 19.1. The Kier molecular flexibility index (Phi) is 4.49. The molecule has 2 aromatic heterocycles. The molecule has 0 aliphatic carbocycles. The first-order valence-corrected chi connectivity index (χ1v) is 8.24. The van der Waals surface area contributed by atoms with E-state index >= 15 is 0 Å². The number of anilines is 1. The lowest BCUT2D eigenvalue weighted by Crippen LogP contribution is -2.30. The molecule has 3 heterocycles. The van der Waals surface area contributed by atoms with Gasteiger partial charge in [-0.05, 0) is 5.56 Å². The van der Waals surface area contributed by atoms with Gasteiger partial charge in [-0.1, -0.05) is 30.3 Å². The third-order valence-electron chi connectivity index (χ3n) is 4.42. The fraction of sp³-hybridized carbons (Fsp3) is 0.353.